The predicted octanol–water partition coefficient (Wildman–Crippen LogP) is 1.69. The minimum Gasteiger partial charge on any atom is -0.477 e. The Hall–Kier alpha value is -1.45. The lowest BCUT2D eigenvalue weighted by molar-refractivity contribution is 0.0690. The van der Waals surface area contributed by atoms with E-state index in [-0.39, 0.29) is 11.6 Å². The second-order valence-electron chi connectivity index (χ2n) is 2.94. The zero-order valence-electron chi connectivity index (χ0n) is 7.69. The van der Waals surface area contributed by atoms with Gasteiger partial charge in [-0.3, -0.25) is 0 Å². The molecule has 0 bridgehead atoms. The van der Waals surface area contributed by atoms with Gasteiger partial charge in [-0.25, -0.2) is 14.8 Å². The van der Waals surface area contributed by atoms with Crippen LogP contribution >= 0.6 is 0 Å². The average Bonchev–Trinajstić information content (AvgIpc) is 2.17. The number of hydrogen-bond donors (Lipinski definition) is 1. The summed E-state index contributed by atoms with van der Waals surface area (Å²) in [5.41, 5.74) is 0.847. The van der Waals surface area contributed by atoms with Gasteiger partial charge in [-0.05, 0) is 18.4 Å². The summed E-state index contributed by atoms with van der Waals surface area (Å²) in [6, 6.07) is 1.52. The lowest BCUT2D eigenvalue weighted by atomic mass is 10.0. The van der Waals surface area contributed by atoms with Gasteiger partial charge >= 0.3 is 5.97 Å². The first kappa shape index (κ1) is 9.64. The molecule has 70 valence electrons. The van der Waals surface area contributed by atoms with Crippen molar-refractivity contribution in [3.63, 3.8) is 0 Å². The van der Waals surface area contributed by atoms with Crippen LogP contribution in [0.3, 0.4) is 0 Å². The molecule has 1 N–H and O–H groups in total. The van der Waals surface area contributed by atoms with E-state index in [0.717, 1.165) is 12.1 Å². The molecule has 4 nitrogen and oxygen atoms in total. The molecule has 0 unspecified atom stereocenters. The molecule has 1 aromatic heterocycles. The number of nitrogens with zero attached hydrogens (tertiary/aromatic N) is 2. The highest BCUT2D eigenvalue weighted by atomic mass is 16.4. The summed E-state index contributed by atoms with van der Waals surface area (Å²) in [6.45, 7) is 4.04. The Morgan fingerprint density at radius 3 is 2.85 bits per heavy atom. The summed E-state index contributed by atoms with van der Waals surface area (Å²) in [7, 11) is 0. The van der Waals surface area contributed by atoms with Crippen LogP contribution in [0.2, 0.25) is 0 Å². The average molecular weight is 180 g/mol. The van der Waals surface area contributed by atoms with E-state index in [4.69, 9.17) is 5.11 Å². The highest BCUT2D eigenvalue weighted by molar-refractivity contribution is 5.85. The number of carboxylic acid groups (broad SMARTS) is 1. The van der Waals surface area contributed by atoms with Crippen molar-refractivity contribution in [1.82, 2.24) is 9.97 Å². The number of hydrogen-bond acceptors (Lipinski definition) is 3. The number of aromatic carboxylic acids is 1. The van der Waals surface area contributed by atoms with Crippen molar-refractivity contribution in [2.75, 3.05) is 0 Å². The molecule has 0 saturated carbocycles. The van der Waals surface area contributed by atoms with E-state index >= 15 is 0 Å². The molecule has 13 heavy (non-hydrogen) atoms. The third-order valence-corrected chi connectivity index (χ3v) is 2.02. The summed E-state index contributed by atoms with van der Waals surface area (Å²) < 4.78 is 0. The normalized spacial score (nSPS) is 12.5. The van der Waals surface area contributed by atoms with Crippen molar-refractivity contribution in [3.8, 4) is 0 Å². The fourth-order valence-corrected chi connectivity index (χ4v) is 0.968. The maximum absolute atomic E-state index is 10.6. The van der Waals surface area contributed by atoms with Crippen LogP contribution in [-0.4, -0.2) is 21.0 Å². The second-order valence-corrected chi connectivity index (χ2v) is 2.94. The molecular formula is C9H12N2O2. The van der Waals surface area contributed by atoms with Crippen molar-refractivity contribution >= 4 is 5.97 Å². The molecule has 0 saturated heterocycles. The predicted molar refractivity (Wildman–Crippen MR) is 47.7 cm³/mol. The second kappa shape index (κ2) is 3.98. The topological polar surface area (TPSA) is 63.1 Å². The highest BCUT2D eigenvalue weighted by Gasteiger charge is 2.09. The number of rotatable bonds is 3. The number of carboxylic acids is 1. The van der Waals surface area contributed by atoms with Crippen molar-refractivity contribution in [1.29, 1.82) is 0 Å². The van der Waals surface area contributed by atoms with Gasteiger partial charge in [0.25, 0.3) is 0 Å². The molecule has 0 aliphatic heterocycles. The van der Waals surface area contributed by atoms with Gasteiger partial charge < -0.3 is 5.11 Å². The lowest BCUT2D eigenvalue weighted by Crippen LogP contribution is -2.04. The van der Waals surface area contributed by atoms with Crippen LogP contribution in [-0.2, 0) is 0 Å². The van der Waals surface area contributed by atoms with Crippen LogP contribution in [0.4, 0.5) is 0 Å². The number of carbonyl (C=O) groups is 1. The molecule has 0 aromatic carbocycles. The van der Waals surface area contributed by atoms with Crippen molar-refractivity contribution in [3.05, 3.63) is 23.8 Å². The Kier molecular flexibility index (Phi) is 2.95. The SMILES string of the molecule is CC[C@H](C)c1cc(C(=O)O)ncn1. The first-order valence-electron chi connectivity index (χ1n) is 4.20. The Morgan fingerprint density at radius 2 is 2.31 bits per heavy atom. The minimum absolute atomic E-state index is 0.0605. The maximum Gasteiger partial charge on any atom is 0.354 e. The summed E-state index contributed by atoms with van der Waals surface area (Å²) in [6.07, 6.45) is 2.24. The van der Waals surface area contributed by atoms with Crippen molar-refractivity contribution in [2.45, 2.75) is 26.2 Å². The van der Waals surface area contributed by atoms with E-state index in [1.165, 1.54) is 12.4 Å². The van der Waals surface area contributed by atoms with Gasteiger partial charge in [0.05, 0.1) is 0 Å². The zero-order chi connectivity index (χ0) is 9.84. The van der Waals surface area contributed by atoms with Crippen LogP contribution in [0.5, 0.6) is 0 Å². The third-order valence-electron chi connectivity index (χ3n) is 2.02. The van der Waals surface area contributed by atoms with E-state index in [9.17, 15) is 4.79 Å². The first-order valence-corrected chi connectivity index (χ1v) is 4.20. The Bertz CT molecular complexity index is 312. The molecule has 0 spiro atoms. The molecule has 0 amide bonds. The maximum atomic E-state index is 10.6. The summed E-state index contributed by atoms with van der Waals surface area (Å²) in [5.74, 6) is -0.729. The highest BCUT2D eigenvalue weighted by Crippen LogP contribution is 2.15. The molecule has 4 heteroatoms. The van der Waals surface area contributed by atoms with E-state index in [1.54, 1.807) is 0 Å². The van der Waals surface area contributed by atoms with E-state index < -0.39 is 5.97 Å². The van der Waals surface area contributed by atoms with Crippen molar-refractivity contribution < 1.29 is 9.90 Å². The standard InChI is InChI=1S/C9H12N2O2/c1-3-6(2)7-4-8(9(12)13)11-5-10-7/h4-6H,3H2,1-2H3,(H,12,13)/t6-/m0/s1. The van der Waals surface area contributed by atoms with E-state index in [0.29, 0.717) is 0 Å². The first-order chi connectivity index (χ1) is 6.15. The Morgan fingerprint density at radius 1 is 1.62 bits per heavy atom. The summed E-state index contributed by atoms with van der Waals surface area (Å²) in [4.78, 5) is 18.2. The quantitative estimate of drug-likeness (QED) is 0.768. The Balaban J connectivity index is 2.98. The number of aromatic nitrogens is 2. The van der Waals surface area contributed by atoms with Gasteiger partial charge in [-0.2, -0.15) is 0 Å². The third kappa shape index (κ3) is 2.24. The van der Waals surface area contributed by atoms with Gasteiger partial charge in [0.2, 0.25) is 0 Å². The van der Waals surface area contributed by atoms with E-state index in [1.807, 2.05) is 13.8 Å². The van der Waals surface area contributed by atoms with Crippen LogP contribution in [0.25, 0.3) is 0 Å². The minimum atomic E-state index is -1.01. The van der Waals surface area contributed by atoms with Crippen LogP contribution < -0.4 is 0 Å². The fraction of sp³-hybridized carbons (Fsp3) is 0.444. The van der Waals surface area contributed by atoms with Crippen LogP contribution in [0.15, 0.2) is 12.4 Å². The smallest absolute Gasteiger partial charge is 0.354 e. The molecule has 1 aromatic rings. The van der Waals surface area contributed by atoms with Gasteiger partial charge in [-0.1, -0.05) is 13.8 Å². The van der Waals surface area contributed by atoms with Gasteiger partial charge in [0.1, 0.15) is 6.33 Å². The largest absolute Gasteiger partial charge is 0.477 e. The van der Waals surface area contributed by atoms with Crippen LogP contribution in [0, 0.1) is 0 Å². The molecule has 1 rings (SSSR count). The molecular weight excluding hydrogens is 168 g/mol. The van der Waals surface area contributed by atoms with Gasteiger partial charge in [0, 0.05) is 5.69 Å². The fourth-order valence-electron chi connectivity index (χ4n) is 0.968. The molecule has 0 fully saturated rings. The molecule has 1 atom stereocenters. The van der Waals surface area contributed by atoms with Crippen LogP contribution in [0.1, 0.15) is 42.4 Å². The molecule has 0 aliphatic carbocycles. The van der Waals surface area contributed by atoms with Gasteiger partial charge in [0.15, 0.2) is 5.69 Å². The monoisotopic (exact) mass is 180 g/mol. The Labute approximate surface area is 76.7 Å². The molecule has 1 heterocycles. The van der Waals surface area contributed by atoms with Crippen molar-refractivity contribution in [2.24, 2.45) is 0 Å². The molecule has 0 radical (unpaired) electrons. The lowest BCUT2D eigenvalue weighted by Gasteiger charge is -2.06. The molecule has 0 aliphatic rings. The zero-order valence-corrected chi connectivity index (χ0v) is 7.69. The summed E-state index contributed by atoms with van der Waals surface area (Å²) >= 11 is 0. The van der Waals surface area contributed by atoms with E-state index in [2.05, 4.69) is 9.97 Å². The summed E-state index contributed by atoms with van der Waals surface area (Å²) in [5, 5.41) is 8.67. The van der Waals surface area contributed by atoms with Gasteiger partial charge in [-0.15, -0.1) is 0 Å².